The van der Waals surface area contributed by atoms with E-state index in [2.05, 4.69) is 0 Å². The van der Waals surface area contributed by atoms with Crippen LogP contribution in [-0.2, 0) is 0 Å². The zero-order valence-electron chi connectivity index (χ0n) is 10.8. The average Bonchev–Trinajstić information content (AvgIpc) is 2.40. The van der Waals surface area contributed by atoms with Crippen LogP contribution in [0.15, 0.2) is 36.4 Å². The topological polar surface area (TPSA) is 35.2 Å². The maximum Gasteiger partial charge on any atom is 0.128 e. The SMILES string of the molecule is COc1ccc(C(N)c2cc(F)ccc2F)c(C)c1. The van der Waals surface area contributed by atoms with Crippen molar-refractivity contribution in [3.8, 4) is 5.75 Å². The molecule has 100 valence electrons. The number of halogens is 2. The highest BCUT2D eigenvalue weighted by atomic mass is 19.1. The van der Waals surface area contributed by atoms with Gasteiger partial charge in [0.1, 0.15) is 17.4 Å². The standard InChI is InChI=1S/C15H15F2NO/c1-9-7-11(19-2)4-5-12(9)15(18)13-8-10(16)3-6-14(13)17/h3-8,15H,18H2,1-2H3. The third-order valence-corrected chi connectivity index (χ3v) is 3.11. The molecular weight excluding hydrogens is 248 g/mol. The summed E-state index contributed by atoms with van der Waals surface area (Å²) in [5, 5.41) is 0. The second-order valence-electron chi connectivity index (χ2n) is 4.37. The van der Waals surface area contributed by atoms with E-state index in [0.29, 0.717) is 5.75 Å². The molecule has 0 aliphatic rings. The molecule has 0 bridgehead atoms. The van der Waals surface area contributed by atoms with Crippen molar-refractivity contribution in [1.29, 1.82) is 0 Å². The van der Waals surface area contributed by atoms with Gasteiger partial charge in [0.05, 0.1) is 13.2 Å². The Balaban J connectivity index is 2.43. The Morgan fingerprint density at radius 3 is 2.42 bits per heavy atom. The molecular formula is C15H15F2NO. The molecule has 0 saturated carbocycles. The van der Waals surface area contributed by atoms with Gasteiger partial charge in [0.2, 0.25) is 0 Å². The van der Waals surface area contributed by atoms with E-state index < -0.39 is 17.7 Å². The van der Waals surface area contributed by atoms with Gasteiger partial charge in [-0.3, -0.25) is 0 Å². The van der Waals surface area contributed by atoms with Crippen LogP contribution in [0.25, 0.3) is 0 Å². The first kappa shape index (κ1) is 13.5. The lowest BCUT2D eigenvalue weighted by atomic mass is 9.95. The quantitative estimate of drug-likeness (QED) is 0.921. The summed E-state index contributed by atoms with van der Waals surface area (Å²) in [6, 6.07) is 7.91. The fourth-order valence-electron chi connectivity index (χ4n) is 2.04. The Labute approximate surface area is 110 Å². The Kier molecular flexibility index (Phi) is 3.81. The number of hydrogen-bond donors (Lipinski definition) is 1. The van der Waals surface area contributed by atoms with Gasteiger partial charge in [-0.05, 0) is 48.4 Å². The van der Waals surface area contributed by atoms with Crippen molar-refractivity contribution in [2.45, 2.75) is 13.0 Å². The van der Waals surface area contributed by atoms with Gasteiger partial charge in [-0.15, -0.1) is 0 Å². The third-order valence-electron chi connectivity index (χ3n) is 3.11. The fraction of sp³-hybridized carbons (Fsp3) is 0.200. The maximum atomic E-state index is 13.7. The molecule has 4 heteroatoms. The molecule has 0 amide bonds. The van der Waals surface area contributed by atoms with E-state index in [-0.39, 0.29) is 5.56 Å². The summed E-state index contributed by atoms with van der Waals surface area (Å²) in [4.78, 5) is 0. The van der Waals surface area contributed by atoms with E-state index in [1.807, 2.05) is 13.0 Å². The van der Waals surface area contributed by atoms with Gasteiger partial charge in [0.15, 0.2) is 0 Å². The van der Waals surface area contributed by atoms with Crippen molar-refractivity contribution >= 4 is 0 Å². The van der Waals surface area contributed by atoms with Gasteiger partial charge in [-0.1, -0.05) is 6.07 Å². The summed E-state index contributed by atoms with van der Waals surface area (Å²) >= 11 is 0. The van der Waals surface area contributed by atoms with Gasteiger partial charge in [-0.2, -0.15) is 0 Å². The third kappa shape index (κ3) is 2.74. The van der Waals surface area contributed by atoms with E-state index >= 15 is 0 Å². The lowest BCUT2D eigenvalue weighted by molar-refractivity contribution is 0.414. The highest BCUT2D eigenvalue weighted by Gasteiger charge is 2.16. The molecule has 0 heterocycles. The smallest absolute Gasteiger partial charge is 0.128 e. The van der Waals surface area contributed by atoms with Crippen molar-refractivity contribution in [2.24, 2.45) is 5.73 Å². The second-order valence-corrected chi connectivity index (χ2v) is 4.37. The Morgan fingerprint density at radius 1 is 1.05 bits per heavy atom. The van der Waals surface area contributed by atoms with Gasteiger partial charge >= 0.3 is 0 Å². The van der Waals surface area contributed by atoms with Crippen LogP contribution >= 0.6 is 0 Å². The largest absolute Gasteiger partial charge is 0.497 e. The number of benzene rings is 2. The second kappa shape index (κ2) is 5.36. The van der Waals surface area contributed by atoms with Crippen LogP contribution in [0, 0.1) is 18.6 Å². The molecule has 0 aliphatic carbocycles. The first-order chi connectivity index (χ1) is 9.02. The van der Waals surface area contributed by atoms with Crippen molar-refractivity contribution in [2.75, 3.05) is 7.11 Å². The lowest BCUT2D eigenvalue weighted by Crippen LogP contribution is -2.15. The highest BCUT2D eigenvalue weighted by molar-refractivity contribution is 5.41. The number of hydrogen-bond acceptors (Lipinski definition) is 2. The van der Waals surface area contributed by atoms with Crippen LogP contribution in [0.4, 0.5) is 8.78 Å². The molecule has 1 unspecified atom stereocenters. The van der Waals surface area contributed by atoms with Crippen molar-refractivity contribution in [1.82, 2.24) is 0 Å². The zero-order chi connectivity index (χ0) is 14.0. The minimum atomic E-state index is -0.707. The predicted molar refractivity (Wildman–Crippen MR) is 70.1 cm³/mol. The fourth-order valence-corrected chi connectivity index (χ4v) is 2.04. The van der Waals surface area contributed by atoms with Crippen LogP contribution in [0.3, 0.4) is 0 Å². The van der Waals surface area contributed by atoms with Crippen molar-refractivity contribution in [3.05, 3.63) is 64.7 Å². The molecule has 0 fully saturated rings. The van der Waals surface area contributed by atoms with Crippen molar-refractivity contribution in [3.63, 3.8) is 0 Å². The van der Waals surface area contributed by atoms with Crippen LogP contribution in [0.1, 0.15) is 22.7 Å². The Bertz CT molecular complexity index is 599. The summed E-state index contributed by atoms with van der Waals surface area (Å²) in [6.45, 7) is 1.86. The first-order valence-electron chi connectivity index (χ1n) is 5.88. The summed E-state index contributed by atoms with van der Waals surface area (Å²) < 4.78 is 32.0. The minimum Gasteiger partial charge on any atom is -0.497 e. The number of aryl methyl sites for hydroxylation is 1. The number of ether oxygens (including phenoxy) is 1. The predicted octanol–water partition coefficient (Wildman–Crippen LogP) is 3.33. The minimum absolute atomic E-state index is 0.147. The van der Waals surface area contributed by atoms with Gasteiger partial charge in [0.25, 0.3) is 0 Å². The molecule has 0 aliphatic heterocycles. The first-order valence-corrected chi connectivity index (χ1v) is 5.88. The van der Waals surface area contributed by atoms with Crippen LogP contribution in [-0.4, -0.2) is 7.11 Å². The number of methoxy groups -OCH3 is 1. The summed E-state index contributed by atoms with van der Waals surface area (Å²) in [5.41, 5.74) is 7.79. The summed E-state index contributed by atoms with van der Waals surface area (Å²) in [5.74, 6) is -0.310. The van der Waals surface area contributed by atoms with Gasteiger partial charge < -0.3 is 10.5 Å². The number of nitrogens with two attached hydrogens (primary N) is 1. The zero-order valence-corrected chi connectivity index (χ0v) is 10.8. The van der Waals surface area contributed by atoms with Crippen LogP contribution < -0.4 is 10.5 Å². The normalized spacial score (nSPS) is 12.3. The molecule has 0 aromatic heterocycles. The molecule has 1 atom stereocenters. The molecule has 2 aromatic rings. The van der Waals surface area contributed by atoms with Crippen molar-refractivity contribution < 1.29 is 13.5 Å². The average molecular weight is 263 g/mol. The molecule has 0 spiro atoms. The van der Waals surface area contributed by atoms with E-state index in [1.54, 1.807) is 19.2 Å². The molecule has 0 saturated heterocycles. The van der Waals surface area contributed by atoms with Gasteiger partial charge in [-0.25, -0.2) is 8.78 Å². The van der Waals surface area contributed by atoms with E-state index in [9.17, 15) is 8.78 Å². The molecule has 2 aromatic carbocycles. The Hall–Kier alpha value is -1.94. The summed E-state index contributed by atoms with van der Waals surface area (Å²) in [6.07, 6.45) is 0. The lowest BCUT2D eigenvalue weighted by Gasteiger charge is -2.16. The van der Waals surface area contributed by atoms with E-state index in [1.165, 1.54) is 0 Å². The molecule has 2 nitrogen and oxygen atoms in total. The summed E-state index contributed by atoms with van der Waals surface area (Å²) in [7, 11) is 1.57. The number of rotatable bonds is 3. The van der Waals surface area contributed by atoms with E-state index in [4.69, 9.17) is 10.5 Å². The molecule has 19 heavy (non-hydrogen) atoms. The van der Waals surface area contributed by atoms with E-state index in [0.717, 1.165) is 29.3 Å². The Morgan fingerprint density at radius 2 is 1.79 bits per heavy atom. The maximum absolute atomic E-state index is 13.7. The monoisotopic (exact) mass is 263 g/mol. The highest BCUT2D eigenvalue weighted by Crippen LogP contribution is 2.27. The van der Waals surface area contributed by atoms with Crippen LogP contribution in [0.2, 0.25) is 0 Å². The molecule has 2 rings (SSSR count). The molecule has 0 radical (unpaired) electrons. The van der Waals surface area contributed by atoms with Gasteiger partial charge in [0, 0.05) is 5.56 Å². The van der Waals surface area contributed by atoms with Crippen LogP contribution in [0.5, 0.6) is 5.75 Å². The molecule has 2 N–H and O–H groups in total.